The van der Waals surface area contributed by atoms with E-state index in [2.05, 4.69) is 12.6 Å². The van der Waals surface area contributed by atoms with Crippen molar-refractivity contribution in [3.05, 3.63) is 53.6 Å². The predicted molar refractivity (Wildman–Crippen MR) is 75.1 cm³/mol. The molecule has 18 heavy (non-hydrogen) atoms. The van der Waals surface area contributed by atoms with Gasteiger partial charge in [-0.05, 0) is 36.2 Å². The van der Waals surface area contributed by atoms with E-state index in [0.29, 0.717) is 11.1 Å². The fraction of sp³-hybridized carbons (Fsp3) is 0.200. The number of halogens is 2. The van der Waals surface area contributed by atoms with E-state index in [9.17, 15) is 8.78 Å². The van der Waals surface area contributed by atoms with Crippen LogP contribution in [0.25, 0.3) is 11.1 Å². The van der Waals surface area contributed by atoms with E-state index in [1.165, 1.54) is 18.2 Å². The zero-order valence-electron chi connectivity index (χ0n) is 10.7. The van der Waals surface area contributed by atoms with E-state index in [0.717, 1.165) is 5.56 Å². The maximum absolute atomic E-state index is 13.6. The van der Waals surface area contributed by atoms with Crippen LogP contribution in [-0.4, -0.2) is 0 Å². The number of rotatable bonds is 1. The summed E-state index contributed by atoms with van der Waals surface area (Å²) in [5.41, 5.74) is 1.76. The van der Waals surface area contributed by atoms with Crippen molar-refractivity contribution in [1.82, 2.24) is 0 Å². The highest BCUT2D eigenvalue weighted by atomic mass is 32.1. The molecule has 0 saturated carbocycles. The van der Waals surface area contributed by atoms with E-state index in [-0.39, 0.29) is 10.7 Å². The van der Waals surface area contributed by atoms with Crippen molar-refractivity contribution in [2.45, 2.75) is 25.7 Å². The molecule has 0 radical (unpaired) electrons. The minimum Gasteiger partial charge on any atom is -0.206 e. The summed E-state index contributed by atoms with van der Waals surface area (Å²) in [6.07, 6.45) is 0. The summed E-state index contributed by atoms with van der Waals surface area (Å²) in [6, 6.07) is 9.34. The lowest BCUT2D eigenvalue weighted by Crippen LogP contribution is -1.87. The Bertz CT molecular complexity index is 536. The van der Waals surface area contributed by atoms with E-state index >= 15 is 0 Å². The molecule has 2 aromatic carbocycles. The summed E-state index contributed by atoms with van der Waals surface area (Å²) in [6.45, 7) is 5.81. The maximum Gasteiger partial charge on any atom is 0.137 e. The topological polar surface area (TPSA) is 0 Å². The summed E-state index contributed by atoms with van der Waals surface area (Å²) in [5, 5.41) is 0. The molecule has 96 valence electrons. The molecule has 0 bridgehead atoms. The smallest absolute Gasteiger partial charge is 0.137 e. The normalized spacial score (nSPS) is 9.67. The monoisotopic (exact) mass is 266 g/mol. The van der Waals surface area contributed by atoms with Gasteiger partial charge in [-0.25, -0.2) is 8.78 Å². The predicted octanol–water partition coefficient (Wildman–Crippen LogP) is 5.26. The number of aryl methyl sites for hydroxylation is 1. The minimum atomic E-state index is -0.444. The highest BCUT2D eigenvalue weighted by Crippen LogP contribution is 2.26. The first-order valence-electron chi connectivity index (χ1n) is 5.83. The van der Waals surface area contributed by atoms with Crippen LogP contribution >= 0.6 is 12.6 Å². The molecule has 0 spiro atoms. The van der Waals surface area contributed by atoms with Gasteiger partial charge in [0, 0.05) is 10.5 Å². The second kappa shape index (κ2) is 6.55. The minimum absolute atomic E-state index is 0.260. The molecule has 0 aliphatic rings. The standard InChI is InChI=1S/C13H10F2S.C2H6/c1-8-2-4-10(11(14)6-8)9-3-5-13(16)12(15)7-9;1-2/h2-7,16H,1H3;1-2H3. The quantitative estimate of drug-likeness (QED) is 0.669. The number of thiol groups is 1. The van der Waals surface area contributed by atoms with E-state index in [1.807, 2.05) is 20.8 Å². The number of benzene rings is 2. The van der Waals surface area contributed by atoms with Gasteiger partial charge in [0.25, 0.3) is 0 Å². The lowest BCUT2D eigenvalue weighted by Gasteiger charge is -2.05. The Balaban J connectivity index is 0.000000771. The Kier molecular flexibility index (Phi) is 5.35. The van der Waals surface area contributed by atoms with Gasteiger partial charge in [0.05, 0.1) is 0 Å². The molecular weight excluding hydrogens is 250 g/mol. The number of hydrogen-bond acceptors (Lipinski definition) is 1. The Hall–Kier alpha value is -1.35. The highest BCUT2D eigenvalue weighted by molar-refractivity contribution is 7.80. The molecule has 0 unspecified atom stereocenters. The molecule has 3 heteroatoms. The second-order valence-corrected chi connectivity index (χ2v) is 4.13. The van der Waals surface area contributed by atoms with Crippen molar-refractivity contribution in [1.29, 1.82) is 0 Å². The van der Waals surface area contributed by atoms with Gasteiger partial charge >= 0.3 is 0 Å². The molecule has 0 amide bonds. The van der Waals surface area contributed by atoms with Gasteiger partial charge in [0.1, 0.15) is 11.6 Å². The summed E-state index contributed by atoms with van der Waals surface area (Å²) in [7, 11) is 0. The molecule has 2 rings (SSSR count). The molecule has 0 N–H and O–H groups in total. The maximum atomic E-state index is 13.6. The van der Waals surface area contributed by atoms with Crippen LogP contribution in [-0.2, 0) is 0 Å². The van der Waals surface area contributed by atoms with Crippen molar-refractivity contribution in [2.75, 3.05) is 0 Å². The van der Waals surface area contributed by atoms with E-state index < -0.39 is 5.82 Å². The largest absolute Gasteiger partial charge is 0.206 e. The van der Waals surface area contributed by atoms with Crippen LogP contribution in [0.1, 0.15) is 19.4 Å². The summed E-state index contributed by atoms with van der Waals surface area (Å²) >= 11 is 3.93. The zero-order valence-corrected chi connectivity index (χ0v) is 11.6. The van der Waals surface area contributed by atoms with Crippen molar-refractivity contribution in [2.24, 2.45) is 0 Å². The molecule has 0 fully saturated rings. The van der Waals surface area contributed by atoms with Gasteiger partial charge in [0.2, 0.25) is 0 Å². The molecule has 2 aromatic rings. The van der Waals surface area contributed by atoms with Crippen molar-refractivity contribution >= 4 is 12.6 Å². The molecular formula is C15H16F2S. The van der Waals surface area contributed by atoms with E-state index in [1.54, 1.807) is 18.2 Å². The average Bonchev–Trinajstić information content (AvgIpc) is 2.35. The molecule has 0 aromatic heterocycles. The summed E-state index contributed by atoms with van der Waals surface area (Å²) in [4.78, 5) is 0.260. The van der Waals surface area contributed by atoms with Gasteiger partial charge in [-0.15, -0.1) is 12.6 Å². The molecule has 0 nitrogen and oxygen atoms in total. The lowest BCUT2D eigenvalue weighted by atomic mass is 10.0. The Morgan fingerprint density at radius 1 is 0.889 bits per heavy atom. The lowest BCUT2D eigenvalue weighted by molar-refractivity contribution is 0.602. The first-order valence-corrected chi connectivity index (χ1v) is 6.27. The van der Waals surface area contributed by atoms with Crippen molar-refractivity contribution in [3.63, 3.8) is 0 Å². The zero-order chi connectivity index (χ0) is 13.7. The van der Waals surface area contributed by atoms with Crippen molar-refractivity contribution < 1.29 is 8.78 Å². The van der Waals surface area contributed by atoms with Crippen molar-refractivity contribution in [3.8, 4) is 11.1 Å². The molecule has 0 atom stereocenters. The van der Waals surface area contributed by atoms with Crippen LogP contribution in [0, 0.1) is 18.6 Å². The third kappa shape index (κ3) is 3.33. The van der Waals surface area contributed by atoms with Gasteiger partial charge in [-0.3, -0.25) is 0 Å². The van der Waals surface area contributed by atoms with Gasteiger partial charge < -0.3 is 0 Å². The summed E-state index contributed by atoms with van der Waals surface area (Å²) in [5.74, 6) is -0.785. The van der Waals surface area contributed by atoms with Gasteiger partial charge in [0.15, 0.2) is 0 Å². The molecule has 0 aliphatic carbocycles. The molecule has 0 aliphatic heterocycles. The number of hydrogen-bond donors (Lipinski definition) is 1. The Labute approximate surface area is 112 Å². The fourth-order valence-electron chi connectivity index (χ4n) is 1.53. The fourth-order valence-corrected chi connectivity index (χ4v) is 1.67. The van der Waals surface area contributed by atoms with Crippen LogP contribution in [0.15, 0.2) is 41.3 Å². The second-order valence-electron chi connectivity index (χ2n) is 3.65. The summed E-state index contributed by atoms with van der Waals surface area (Å²) < 4.78 is 26.9. The van der Waals surface area contributed by atoms with Gasteiger partial charge in [-0.1, -0.05) is 32.0 Å². The third-order valence-electron chi connectivity index (χ3n) is 2.38. The van der Waals surface area contributed by atoms with Crippen LogP contribution in [0.3, 0.4) is 0 Å². The van der Waals surface area contributed by atoms with Gasteiger partial charge in [-0.2, -0.15) is 0 Å². The van der Waals surface area contributed by atoms with Crippen LogP contribution in [0.4, 0.5) is 8.78 Å². The molecule has 0 saturated heterocycles. The average molecular weight is 266 g/mol. The first-order chi connectivity index (χ1) is 8.58. The SMILES string of the molecule is CC.Cc1ccc(-c2ccc(S)c(F)c2)c(F)c1. The molecule has 0 heterocycles. The van der Waals surface area contributed by atoms with Crippen LogP contribution in [0.5, 0.6) is 0 Å². The Morgan fingerprint density at radius 3 is 2.11 bits per heavy atom. The van der Waals surface area contributed by atoms with Crippen LogP contribution < -0.4 is 0 Å². The first kappa shape index (κ1) is 14.7. The Morgan fingerprint density at radius 2 is 1.56 bits per heavy atom. The van der Waals surface area contributed by atoms with Crippen LogP contribution in [0.2, 0.25) is 0 Å². The third-order valence-corrected chi connectivity index (χ3v) is 2.75. The van der Waals surface area contributed by atoms with E-state index in [4.69, 9.17) is 0 Å². The highest BCUT2D eigenvalue weighted by Gasteiger charge is 2.07.